The minimum Gasteiger partial charge on any atom is -0.497 e. The number of hydrogen-bond acceptors (Lipinski definition) is 5. The molecule has 0 N–H and O–H groups in total. The van der Waals surface area contributed by atoms with Gasteiger partial charge in [0, 0.05) is 24.8 Å². The van der Waals surface area contributed by atoms with E-state index in [0.29, 0.717) is 24.4 Å². The molecule has 7 heteroatoms. The van der Waals surface area contributed by atoms with Crippen molar-refractivity contribution in [2.75, 3.05) is 20.2 Å². The predicted octanol–water partition coefficient (Wildman–Crippen LogP) is 3.79. The number of methoxy groups -OCH3 is 1. The van der Waals surface area contributed by atoms with Crippen LogP contribution in [0.25, 0.3) is 22.7 Å². The predicted molar refractivity (Wildman–Crippen MR) is 108 cm³/mol. The van der Waals surface area contributed by atoms with Crippen molar-refractivity contribution >= 4 is 17.1 Å². The van der Waals surface area contributed by atoms with E-state index in [0.717, 1.165) is 29.2 Å². The fraction of sp³-hybridized carbons (Fsp3) is 0.227. The summed E-state index contributed by atoms with van der Waals surface area (Å²) in [6.07, 6.45) is 4.24. The normalized spacial score (nSPS) is 16.4. The fourth-order valence-corrected chi connectivity index (χ4v) is 3.91. The highest BCUT2D eigenvalue weighted by Crippen LogP contribution is 2.32. The largest absolute Gasteiger partial charge is 0.497 e. The van der Waals surface area contributed by atoms with Gasteiger partial charge in [0.15, 0.2) is 17.2 Å². The summed E-state index contributed by atoms with van der Waals surface area (Å²) < 4.78 is 12.9. The van der Waals surface area contributed by atoms with Crippen molar-refractivity contribution in [1.29, 1.82) is 0 Å². The Morgan fingerprint density at radius 2 is 2.03 bits per heavy atom. The van der Waals surface area contributed by atoms with Gasteiger partial charge in [0.2, 0.25) is 0 Å². The molecule has 1 aromatic carbocycles. The molecule has 0 aliphatic carbocycles. The van der Waals surface area contributed by atoms with Crippen molar-refractivity contribution < 1.29 is 13.9 Å². The first-order valence-electron chi connectivity index (χ1n) is 9.55. The summed E-state index contributed by atoms with van der Waals surface area (Å²) in [6, 6.07) is 14.9. The Morgan fingerprint density at radius 1 is 1.17 bits per heavy atom. The quantitative estimate of drug-likeness (QED) is 0.532. The number of benzene rings is 1. The topological polar surface area (TPSA) is 73.4 Å². The third kappa shape index (κ3) is 3.04. The number of carbonyl (C=O) groups excluding carboxylic acids is 1. The average Bonchev–Trinajstić information content (AvgIpc) is 3.52. The number of likely N-dealkylation sites (tertiary alicyclic amines) is 1. The minimum absolute atomic E-state index is 0.0204. The Balaban J connectivity index is 1.46. The molecule has 0 saturated carbocycles. The van der Waals surface area contributed by atoms with Crippen LogP contribution in [0.4, 0.5) is 0 Å². The Kier molecular flexibility index (Phi) is 4.27. The highest BCUT2D eigenvalue weighted by atomic mass is 16.5. The van der Waals surface area contributed by atoms with Crippen LogP contribution in [0, 0.1) is 0 Å². The standard InChI is InChI=1S/C22H20N4O3/c1-28-17-8-6-15(7-9-17)22(27)25-12-10-16(14-25)26-20-18(4-2-11-23-20)24-21(26)19-5-3-13-29-19/h2-9,11,13,16H,10,12,14H2,1H3. The molecule has 146 valence electrons. The lowest BCUT2D eigenvalue weighted by molar-refractivity contribution is 0.0788. The highest BCUT2D eigenvalue weighted by molar-refractivity contribution is 5.94. The second-order valence-electron chi connectivity index (χ2n) is 7.05. The summed E-state index contributed by atoms with van der Waals surface area (Å²) in [5, 5.41) is 0. The molecule has 5 rings (SSSR count). The second-order valence-corrected chi connectivity index (χ2v) is 7.05. The molecule has 7 nitrogen and oxygen atoms in total. The van der Waals surface area contributed by atoms with E-state index in [1.165, 1.54) is 0 Å². The third-order valence-corrected chi connectivity index (χ3v) is 5.34. The number of amides is 1. The molecule has 1 unspecified atom stereocenters. The fourth-order valence-electron chi connectivity index (χ4n) is 3.91. The molecule has 1 fully saturated rings. The maximum absolute atomic E-state index is 13.0. The zero-order valence-electron chi connectivity index (χ0n) is 16.0. The van der Waals surface area contributed by atoms with Crippen molar-refractivity contribution in [1.82, 2.24) is 19.4 Å². The van der Waals surface area contributed by atoms with Gasteiger partial charge in [0.25, 0.3) is 5.91 Å². The van der Waals surface area contributed by atoms with Gasteiger partial charge in [0.05, 0.1) is 19.4 Å². The molecule has 1 aliphatic heterocycles. The van der Waals surface area contributed by atoms with E-state index in [4.69, 9.17) is 14.1 Å². The SMILES string of the molecule is COc1ccc(C(=O)N2CCC(n3c(-c4ccco4)nc4cccnc43)C2)cc1. The van der Waals surface area contributed by atoms with Gasteiger partial charge in [-0.05, 0) is 55.0 Å². The molecule has 4 heterocycles. The Bertz CT molecular complexity index is 1150. The van der Waals surface area contributed by atoms with E-state index in [2.05, 4.69) is 9.55 Å². The highest BCUT2D eigenvalue weighted by Gasteiger charge is 2.31. The van der Waals surface area contributed by atoms with Crippen LogP contribution in [0.2, 0.25) is 0 Å². The number of pyridine rings is 1. The monoisotopic (exact) mass is 388 g/mol. The number of aromatic nitrogens is 3. The van der Waals surface area contributed by atoms with Gasteiger partial charge < -0.3 is 18.6 Å². The number of ether oxygens (including phenoxy) is 1. The molecule has 1 saturated heterocycles. The molecule has 1 aliphatic rings. The first kappa shape index (κ1) is 17.5. The number of nitrogens with zero attached hydrogens (tertiary/aromatic N) is 4. The van der Waals surface area contributed by atoms with Crippen LogP contribution in [0.15, 0.2) is 65.4 Å². The number of rotatable bonds is 4. The van der Waals surface area contributed by atoms with Gasteiger partial charge in [-0.2, -0.15) is 0 Å². The zero-order valence-corrected chi connectivity index (χ0v) is 16.0. The van der Waals surface area contributed by atoms with Crippen LogP contribution in [0.1, 0.15) is 22.8 Å². The zero-order chi connectivity index (χ0) is 19.8. The third-order valence-electron chi connectivity index (χ3n) is 5.34. The number of imidazole rings is 1. The number of furan rings is 1. The second kappa shape index (κ2) is 7.09. The lowest BCUT2D eigenvalue weighted by Crippen LogP contribution is -2.29. The summed E-state index contributed by atoms with van der Waals surface area (Å²) in [7, 11) is 1.61. The Morgan fingerprint density at radius 3 is 2.79 bits per heavy atom. The first-order valence-corrected chi connectivity index (χ1v) is 9.55. The number of hydrogen-bond donors (Lipinski definition) is 0. The van der Waals surface area contributed by atoms with Crippen LogP contribution in [-0.4, -0.2) is 45.5 Å². The lowest BCUT2D eigenvalue weighted by Gasteiger charge is -2.18. The molecule has 0 bridgehead atoms. The average molecular weight is 388 g/mol. The van der Waals surface area contributed by atoms with E-state index in [-0.39, 0.29) is 11.9 Å². The maximum Gasteiger partial charge on any atom is 0.253 e. The summed E-state index contributed by atoms with van der Waals surface area (Å²) in [4.78, 5) is 24.1. The van der Waals surface area contributed by atoms with Gasteiger partial charge >= 0.3 is 0 Å². The molecule has 1 atom stereocenters. The van der Waals surface area contributed by atoms with Crippen molar-refractivity contribution in [2.24, 2.45) is 0 Å². The van der Waals surface area contributed by atoms with Crippen molar-refractivity contribution in [2.45, 2.75) is 12.5 Å². The van der Waals surface area contributed by atoms with Gasteiger partial charge in [-0.25, -0.2) is 9.97 Å². The van der Waals surface area contributed by atoms with Gasteiger partial charge in [0.1, 0.15) is 11.3 Å². The molecule has 0 radical (unpaired) electrons. The van der Waals surface area contributed by atoms with E-state index in [1.807, 2.05) is 41.3 Å². The summed E-state index contributed by atoms with van der Waals surface area (Å²) >= 11 is 0. The summed E-state index contributed by atoms with van der Waals surface area (Å²) in [5.74, 6) is 2.20. The van der Waals surface area contributed by atoms with E-state index in [9.17, 15) is 4.79 Å². The van der Waals surface area contributed by atoms with Crippen molar-refractivity contribution in [3.05, 3.63) is 66.6 Å². The van der Waals surface area contributed by atoms with Crippen LogP contribution in [0.5, 0.6) is 5.75 Å². The molecule has 4 aromatic rings. The molecular formula is C22H20N4O3. The smallest absolute Gasteiger partial charge is 0.253 e. The van der Waals surface area contributed by atoms with E-state index in [1.54, 1.807) is 31.7 Å². The summed E-state index contributed by atoms with van der Waals surface area (Å²) in [6.45, 7) is 1.28. The van der Waals surface area contributed by atoms with E-state index < -0.39 is 0 Å². The molecule has 29 heavy (non-hydrogen) atoms. The van der Waals surface area contributed by atoms with Crippen LogP contribution < -0.4 is 4.74 Å². The molecule has 3 aromatic heterocycles. The van der Waals surface area contributed by atoms with Crippen LogP contribution in [-0.2, 0) is 0 Å². The number of carbonyl (C=O) groups is 1. The molecule has 1 amide bonds. The minimum atomic E-state index is 0.0204. The van der Waals surface area contributed by atoms with Crippen molar-refractivity contribution in [3.8, 4) is 17.3 Å². The molecule has 0 spiro atoms. The van der Waals surface area contributed by atoms with Crippen LogP contribution >= 0.6 is 0 Å². The number of fused-ring (bicyclic) bond motifs is 1. The van der Waals surface area contributed by atoms with Crippen molar-refractivity contribution in [3.63, 3.8) is 0 Å². The summed E-state index contributed by atoms with van der Waals surface area (Å²) in [5.41, 5.74) is 2.28. The van der Waals surface area contributed by atoms with E-state index >= 15 is 0 Å². The van der Waals surface area contributed by atoms with Crippen LogP contribution in [0.3, 0.4) is 0 Å². The Labute approximate surface area is 167 Å². The van der Waals surface area contributed by atoms with Gasteiger partial charge in [-0.15, -0.1) is 0 Å². The first-order chi connectivity index (χ1) is 14.2. The molecular weight excluding hydrogens is 368 g/mol. The lowest BCUT2D eigenvalue weighted by atomic mass is 10.2. The Hall–Kier alpha value is -3.61. The van der Waals surface area contributed by atoms with Gasteiger partial charge in [-0.1, -0.05) is 0 Å². The maximum atomic E-state index is 13.0. The van der Waals surface area contributed by atoms with Gasteiger partial charge in [-0.3, -0.25) is 4.79 Å².